The second kappa shape index (κ2) is 6.38. The first kappa shape index (κ1) is 16.5. The third kappa shape index (κ3) is 2.88. The number of benzene rings is 1. The predicted molar refractivity (Wildman–Crippen MR) is 105 cm³/mol. The molecule has 0 aliphatic heterocycles. The van der Waals surface area contributed by atoms with Crippen LogP contribution in [0.3, 0.4) is 0 Å². The monoisotopic (exact) mass is 362 g/mol. The van der Waals surface area contributed by atoms with Crippen molar-refractivity contribution < 1.29 is 4.79 Å². The first-order valence-corrected chi connectivity index (χ1v) is 9.13. The van der Waals surface area contributed by atoms with Gasteiger partial charge in [-0.15, -0.1) is 11.3 Å². The Bertz CT molecular complexity index is 1130. The van der Waals surface area contributed by atoms with Crippen molar-refractivity contribution in [1.82, 2.24) is 14.4 Å². The van der Waals surface area contributed by atoms with Crippen molar-refractivity contribution in [2.75, 3.05) is 5.32 Å². The minimum atomic E-state index is -0.138. The molecule has 130 valence electrons. The molecule has 1 N–H and O–H groups in total. The number of anilines is 1. The number of carbonyl (C=O) groups is 1. The molecule has 1 aromatic carbocycles. The Morgan fingerprint density at radius 3 is 2.62 bits per heavy atom. The summed E-state index contributed by atoms with van der Waals surface area (Å²) in [7, 11) is 0. The van der Waals surface area contributed by atoms with Crippen molar-refractivity contribution in [3.63, 3.8) is 0 Å². The molecule has 6 heteroatoms. The van der Waals surface area contributed by atoms with E-state index in [2.05, 4.69) is 10.3 Å². The molecule has 4 rings (SSSR count). The van der Waals surface area contributed by atoms with E-state index in [4.69, 9.17) is 4.98 Å². The van der Waals surface area contributed by atoms with Gasteiger partial charge in [-0.05, 0) is 38.5 Å². The van der Waals surface area contributed by atoms with Gasteiger partial charge >= 0.3 is 0 Å². The summed E-state index contributed by atoms with van der Waals surface area (Å²) in [6.07, 6.45) is 3.96. The maximum atomic E-state index is 12.7. The van der Waals surface area contributed by atoms with E-state index in [1.165, 1.54) is 11.3 Å². The molecule has 0 spiro atoms. The van der Waals surface area contributed by atoms with Crippen molar-refractivity contribution >= 4 is 28.6 Å². The molecule has 0 aliphatic rings. The Balaban J connectivity index is 1.73. The lowest BCUT2D eigenvalue weighted by molar-refractivity contribution is 0.103. The number of aromatic nitrogens is 3. The average Bonchev–Trinajstić information content (AvgIpc) is 3.19. The van der Waals surface area contributed by atoms with Gasteiger partial charge in [0.15, 0.2) is 0 Å². The Labute approximate surface area is 155 Å². The minimum Gasteiger partial charge on any atom is -0.321 e. The molecule has 0 radical (unpaired) electrons. The molecule has 3 aromatic heterocycles. The summed E-state index contributed by atoms with van der Waals surface area (Å²) in [4.78, 5) is 22.4. The number of hydrogen-bond donors (Lipinski definition) is 1. The van der Waals surface area contributed by atoms with E-state index in [9.17, 15) is 4.79 Å². The van der Waals surface area contributed by atoms with Gasteiger partial charge in [-0.3, -0.25) is 4.79 Å². The van der Waals surface area contributed by atoms with E-state index in [1.807, 2.05) is 74.0 Å². The highest BCUT2D eigenvalue weighted by molar-refractivity contribution is 7.13. The molecule has 5 nitrogen and oxygen atoms in total. The van der Waals surface area contributed by atoms with E-state index in [1.54, 1.807) is 0 Å². The van der Waals surface area contributed by atoms with Crippen LogP contribution in [0.5, 0.6) is 0 Å². The van der Waals surface area contributed by atoms with E-state index in [0.717, 1.165) is 38.9 Å². The number of hydrogen-bond acceptors (Lipinski definition) is 4. The van der Waals surface area contributed by atoms with Crippen LogP contribution in [0.15, 0.2) is 48.8 Å². The number of carbonyl (C=O) groups excluding carboxylic acids is 1. The highest BCUT2D eigenvalue weighted by atomic mass is 32.1. The van der Waals surface area contributed by atoms with Gasteiger partial charge in [0.1, 0.15) is 10.5 Å². The molecule has 0 aliphatic carbocycles. The van der Waals surface area contributed by atoms with Crippen molar-refractivity contribution in [3.8, 4) is 11.3 Å². The lowest BCUT2D eigenvalue weighted by Crippen LogP contribution is -2.12. The number of pyridine rings is 1. The number of aryl methyl sites for hydroxylation is 3. The fraction of sp³-hybridized carbons (Fsp3) is 0.150. The van der Waals surface area contributed by atoms with Crippen LogP contribution in [0, 0.1) is 20.8 Å². The third-order valence-electron chi connectivity index (χ3n) is 4.24. The summed E-state index contributed by atoms with van der Waals surface area (Å²) >= 11 is 1.41. The van der Waals surface area contributed by atoms with Crippen LogP contribution in [-0.2, 0) is 0 Å². The minimum absolute atomic E-state index is 0.138. The predicted octanol–water partition coefficient (Wildman–Crippen LogP) is 4.64. The third-order valence-corrected chi connectivity index (χ3v) is 5.31. The molecule has 0 fully saturated rings. The van der Waals surface area contributed by atoms with Gasteiger partial charge in [-0.25, -0.2) is 9.97 Å². The van der Waals surface area contributed by atoms with E-state index < -0.39 is 0 Å². The van der Waals surface area contributed by atoms with Crippen LogP contribution < -0.4 is 5.32 Å². The van der Waals surface area contributed by atoms with E-state index in [0.29, 0.717) is 4.88 Å². The Hall–Kier alpha value is -2.99. The molecule has 0 unspecified atom stereocenters. The van der Waals surface area contributed by atoms with Crippen LogP contribution in [-0.4, -0.2) is 20.3 Å². The second-order valence-electron chi connectivity index (χ2n) is 6.20. The van der Waals surface area contributed by atoms with Crippen molar-refractivity contribution in [2.24, 2.45) is 0 Å². The zero-order valence-corrected chi connectivity index (χ0v) is 15.6. The number of nitrogens with zero attached hydrogens (tertiary/aromatic N) is 3. The molecule has 1 amide bonds. The van der Waals surface area contributed by atoms with E-state index in [-0.39, 0.29) is 5.91 Å². The number of rotatable bonds is 3. The molecule has 0 atom stereocenters. The molecule has 26 heavy (non-hydrogen) atoms. The van der Waals surface area contributed by atoms with E-state index >= 15 is 0 Å². The molecule has 0 saturated heterocycles. The number of amides is 1. The quantitative estimate of drug-likeness (QED) is 0.578. The van der Waals surface area contributed by atoms with Crippen LogP contribution >= 0.6 is 11.3 Å². The zero-order valence-electron chi connectivity index (χ0n) is 14.8. The summed E-state index contributed by atoms with van der Waals surface area (Å²) in [6.45, 7) is 5.80. The van der Waals surface area contributed by atoms with Crippen LogP contribution in [0.1, 0.15) is 25.9 Å². The number of imidazole rings is 1. The number of thiazole rings is 1. The fourth-order valence-electron chi connectivity index (χ4n) is 3.02. The summed E-state index contributed by atoms with van der Waals surface area (Å²) < 4.78 is 2.00. The summed E-state index contributed by atoms with van der Waals surface area (Å²) in [5.41, 5.74) is 5.23. The molecule has 0 saturated carbocycles. The van der Waals surface area contributed by atoms with Crippen molar-refractivity contribution in [2.45, 2.75) is 20.8 Å². The maximum absolute atomic E-state index is 12.7. The molecular weight excluding hydrogens is 344 g/mol. The van der Waals surface area contributed by atoms with Crippen LogP contribution in [0.2, 0.25) is 0 Å². The SMILES string of the molecule is Cc1nc(C)c(C(=O)Nc2ccccc2-c2cn3cccc(C)c3n2)s1. The Kier molecular flexibility index (Phi) is 4.05. The number of para-hydroxylation sites is 1. The summed E-state index contributed by atoms with van der Waals surface area (Å²) in [5.74, 6) is -0.138. The largest absolute Gasteiger partial charge is 0.321 e. The highest BCUT2D eigenvalue weighted by Gasteiger charge is 2.17. The van der Waals surface area contributed by atoms with Gasteiger partial charge in [0.05, 0.1) is 22.1 Å². The second-order valence-corrected chi connectivity index (χ2v) is 7.40. The topological polar surface area (TPSA) is 59.3 Å². The van der Waals surface area contributed by atoms with Gasteiger partial charge < -0.3 is 9.72 Å². The fourth-order valence-corrected chi connectivity index (χ4v) is 3.84. The molecule has 0 bridgehead atoms. The Morgan fingerprint density at radius 2 is 1.88 bits per heavy atom. The number of nitrogens with one attached hydrogen (secondary N) is 1. The smallest absolute Gasteiger partial charge is 0.267 e. The summed E-state index contributed by atoms with van der Waals surface area (Å²) in [6, 6.07) is 11.8. The van der Waals surface area contributed by atoms with Gasteiger partial charge in [0, 0.05) is 18.0 Å². The van der Waals surface area contributed by atoms with Gasteiger partial charge in [0.25, 0.3) is 5.91 Å². The Morgan fingerprint density at radius 1 is 1.08 bits per heavy atom. The number of fused-ring (bicyclic) bond motifs is 1. The molecule has 4 aromatic rings. The lowest BCUT2D eigenvalue weighted by Gasteiger charge is -2.08. The van der Waals surface area contributed by atoms with Gasteiger partial charge in [-0.1, -0.05) is 24.3 Å². The first-order valence-electron chi connectivity index (χ1n) is 8.32. The van der Waals surface area contributed by atoms with Crippen molar-refractivity contribution in [3.05, 3.63) is 69.9 Å². The average molecular weight is 362 g/mol. The lowest BCUT2D eigenvalue weighted by atomic mass is 10.1. The van der Waals surface area contributed by atoms with Crippen LogP contribution in [0.4, 0.5) is 5.69 Å². The normalized spacial score (nSPS) is 11.0. The van der Waals surface area contributed by atoms with Crippen LogP contribution in [0.25, 0.3) is 16.9 Å². The molecule has 3 heterocycles. The first-order chi connectivity index (χ1) is 12.5. The molecular formula is C20H18N4OS. The zero-order chi connectivity index (χ0) is 18.3. The standard InChI is InChI=1S/C20H18N4OS/c1-12-7-6-10-24-11-17(22-19(12)24)15-8-4-5-9-16(15)23-20(25)18-13(2)21-14(3)26-18/h4-11H,1-3H3,(H,23,25). The van der Waals surface area contributed by atoms with Gasteiger partial charge in [-0.2, -0.15) is 0 Å². The maximum Gasteiger partial charge on any atom is 0.267 e. The van der Waals surface area contributed by atoms with Crippen molar-refractivity contribution in [1.29, 1.82) is 0 Å². The highest BCUT2D eigenvalue weighted by Crippen LogP contribution is 2.29. The van der Waals surface area contributed by atoms with Gasteiger partial charge in [0.2, 0.25) is 0 Å². The summed E-state index contributed by atoms with van der Waals surface area (Å²) in [5, 5.41) is 3.91.